The zero-order chi connectivity index (χ0) is 23.2. The number of aromatic hydroxyl groups is 1. The van der Waals surface area contributed by atoms with Crippen LogP contribution in [0.5, 0.6) is 5.75 Å². The number of hydrogen-bond donors (Lipinski definition) is 2. The second-order valence-corrected chi connectivity index (χ2v) is 10.2. The van der Waals surface area contributed by atoms with E-state index in [1.807, 2.05) is 20.8 Å². The maximum absolute atomic E-state index is 13.0. The van der Waals surface area contributed by atoms with Crippen LogP contribution in [0.2, 0.25) is 0 Å². The summed E-state index contributed by atoms with van der Waals surface area (Å²) >= 11 is 0. The number of benzene rings is 3. The number of phenolic OH excluding ortho intramolecular Hbond substituents is 1. The number of rotatable bonds is 4. The van der Waals surface area contributed by atoms with Gasteiger partial charge in [0, 0.05) is 50.6 Å². The summed E-state index contributed by atoms with van der Waals surface area (Å²) in [6, 6.07) is 12.7. The molecule has 4 heteroatoms. The number of phenols is 1. The van der Waals surface area contributed by atoms with E-state index in [-0.39, 0.29) is 61.3 Å². The Kier molecular flexibility index (Phi) is 8.02. The summed E-state index contributed by atoms with van der Waals surface area (Å²) in [4.78, 5) is 13.0. The van der Waals surface area contributed by atoms with Gasteiger partial charge in [0.15, 0.2) is 0 Å². The molecule has 0 spiro atoms. The summed E-state index contributed by atoms with van der Waals surface area (Å²) in [7, 11) is 0. The first-order valence-corrected chi connectivity index (χ1v) is 11.7. The largest absolute Gasteiger partial charge is 0.507 e. The molecule has 1 amide bonds. The minimum Gasteiger partial charge on any atom is -0.507 e. The number of fused-ring (bicyclic) bond motifs is 2. The Morgan fingerprint density at radius 3 is 2.39 bits per heavy atom. The van der Waals surface area contributed by atoms with Crippen molar-refractivity contribution < 1.29 is 54.0 Å². The molecule has 1 aliphatic carbocycles. The van der Waals surface area contributed by atoms with E-state index in [4.69, 9.17) is 0 Å². The Bertz CT molecular complexity index is 1220. The fraction of sp³-hybridized carbons (Fsp3) is 0.414. The molecule has 0 aromatic heterocycles. The normalized spacial score (nSPS) is 18.4. The van der Waals surface area contributed by atoms with Crippen LogP contribution >= 0.6 is 0 Å². The second-order valence-electron chi connectivity index (χ2n) is 10.2. The van der Waals surface area contributed by atoms with Gasteiger partial charge in [-0.05, 0) is 103 Å². The summed E-state index contributed by atoms with van der Waals surface area (Å²) in [5.74, 6) is 0.333. The van der Waals surface area contributed by atoms with Crippen LogP contribution in [0.15, 0.2) is 36.4 Å². The zero-order valence-corrected chi connectivity index (χ0v) is 25.5. The Morgan fingerprint density at radius 1 is 1.00 bits per heavy atom. The third-order valence-electron chi connectivity index (χ3n) is 7.73. The van der Waals surface area contributed by atoms with Gasteiger partial charge in [0.1, 0.15) is 5.75 Å². The topological polar surface area (TPSA) is 49.3 Å². The van der Waals surface area contributed by atoms with E-state index in [0.717, 1.165) is 36.0 Å². The van der Waals surface area contributed by atoms with Crippen LogP contribution in [0.4, 0.5) is 0 Å². The van der Waals surface area contributed by atoms with Crippen molar-refractivity contribution in [2.45, 2.75) is 66.7 Å². The summed E-state index contributed by atoms with van der Waals surface area (Å²) < 4.78 is 0. The van der Waals surface area contributed by atoms with Gasteiger partial charge in [-0.3, -0.25) is 4.79 Å². The van der Waals surface area contributed by atoms with E-state index >= 15 is 0 Å². The van der Waals surface area contributed by atoms with Gasteiger partial charge in [0.25, 0.3) is 0 Å². The van der Waals surface area contributed by atoms with Gasteiger partial charge in [-0.1, -0.05) is 48.9 Å². The van der Waals surface area contributed by atoms with E-state index in [1.54, 1.807) is 0 Å². The SMILES string of the molecule is Cc1ccc2cc([C@H](C)C(=O)NC[C@@]3(C)CCc4c(C)c(O)c(C)c(C)c4C3)ccc2c1.[Ac]. The Balaban J connectivity index is 0.00000306. The predicted molar refractivity (Wildman–Crippen MR) is 133 cm³/mol. The van der Waals surface area contributed by atoms with Crippen molar-refractivity contribution in [2.24, 2.45) is 5.41 Å². The van der Waals surface area contributed by atoms with Crippen molar-refractivity contribution in [3.8, 4) is 5.75 Å². The van der Waals surface area contributed by atoms with E-state index in [9.17, 15) is 9.90 Å². The molecule has 1 aliphatic rings. The van der Waals surface area contributed by atoms with Crippen molar-refractivity contribution in [2.75, 3.05) is 6.54 Å². The molecule has 3 aromatic rings. The van der Waals surface area contributed by atoms with E-state index in [2.05, 4.69) is 62.5 Å². The first-order valence-electron chi connectivity index (χ1n) is 11.7. The molecule has 0 fully saturated rings. The standard InChI is InChI=1S/C29H35NO2.Ac/c1-17-7-8-24-14-22(9-10-23(24)13-17)20(4)28(32)30-16-29(6)12-11-25-21(5)27(31)19(3)18(2)26(25)15-29;/h7-10,13-14,20,31H,11-12,15-16H2,1-6H3,(H,30,32);/t20-,29-;/m0./s1. The molecule has 0 saturated carbocycles. The molecule has 171 valence electrons. The average molecular weight is 657 g/mol. The van der Waals surface area contributed by atoms with Crippen LogP contribution in [0.1, 0.15) is 65.1 Å². The van der Waals surface area contributed by atoms with Crippen LogP contribution in [-0.2, 0) is 17.6 Å². The quantitative estimate of drug-likeness (QED) is 0.352. The van der Waals surface area contributed by atoms with Crippen molar-refractivity contribution >= 4 is 16.7 Å². The van der Waals surface area contributed by atoms with E-state index < -0.39 is 0 Å². The van der Waals surface area contributed by atoms with Crippen molar-refractivity contribution in [1.82, 2.24) is 5.32 Å². The summed E-state index contributed by atoms with van der Waals surface area (Å²) in [5.41, 5.74) is 8.17. The van der Waals surface area contributed by atoms with Crippen molar-refractivity contribution in [3.05, 3.63) is 75.3 Å². The zero-order valence-electron chi connectivity index (χ0n) is 20.8. The van der Waals surface area contributed by atoms with Gasteiger partial charge in [-0.25, -0.2) is 0 Å². The molecule has 3 aromatic carbocycles. The Hall–Kier alpha value is -1.37. The third-order valence-corrected chi connectivity index (χ3v) is 7.73. The van der Waals surface area contributed by atoms with Gasteiger partial charge in [-0.15, -0.1) is 0 Å². The number of amides is 1. The van der Waals surface area contributed by atoms with Gasteiger partial charge in [-0.2, -0.15) is 0 Å². The minimum absolute atomic E-state index is 0. The fourth-order valence-corrected chi connectivity index (χ4v) is 5.21. The number of carbonyl (C=O) groups excluding carboxylic acids is 1. The molecule has 33 heavy (non-hydrogen) atoms. The summed E-state index contributed by atoms with van der Waals surface area (Å²) in [5, 5.41) is 16.1. The third kappa shape index (κ3) is 5.18. The number of carbonyl (C=O) groups is 1. The Labute approximate surface area is 233 Å². The molecular formula is C29H35AcNO2. The Morgan fingerprint density at radius 2 is 1.67 bits per heavy atom. The monoisotopic (exact) mass is 656 g/mol. The molecule has 0 heterocycles. The van der Waals surface area contributed by atoms with Crippen LogP contribution in [0, 0.1) is 77.2 Å². The predicted octanol–water partition coefficient (Wildman–Crippen LogP) is 6.19. The summed E-state index contributed by atoms with van der Waals surface area (Å²) in [6.07, 6.45) is 2.88. The molecule has 0 aliphatic heterocycles. The molecule has 0 saturated heterocycles. The molecule has 3 nitrogen and oxygen atoms in total. The fourth-order valence-electron chi connectivity index (χ4n) is 5.21. The van der Waals surface area contributed by atoms with Crippen molar-refractivity contribution in [3.63, 3.8) is 0 Å². The first kappa shape index (κ1) is 26.2. The summed E-state index contributed by atoms with van der Waals surface area (Å²) in [6.45, 7) is 13.2. The maximum atomic E-state index is 13.0. The molecule has 4 rings (SSSR count). The number of aryl methyl sites for hydroxylation is 1. The molecule has 2 N–H and O–H groups in total. The van der Waals surface area contributed by atoms with E-state index in [1.165, 1.54) is 33.0 Å². The smallest absolute Gasteiger partial charge is 0.227 e. The second kappa shape index (κ2) is 10.1. The molecule has 1 radical (unpaired) electrons. The number of nitrogens with one attached hydrogen (secondary N) is 1. The molecular weight excluding hydrogens is 621 g/mol. The molecule has 0 bridgehead atoms. The minimum atomic E-state index is -0.191. The average Bonchev–Trinajstić information content (AvgIpc) is 2.79. The molecule has 0 unspecified atom stereocenters. The van der Waals surface area contributed by atoms with Crippen LogP contribution in [-0.4, -0.2) is 17.6 Å². The van der Waals surface area contributed by atoms with Gasteiger partial charge in [0.05, 0.1) is 5.92 Å². The van der Waals surface area contributed by atoms with Gasteiger partial charge in [0.2, 0.25) is 5.91 Å². The maximum Gasteiger partial charge on any atom is 0.227 e. The van der Waals surface area contributed by atoms with Gasteiger partial charge >= 0.3 is 0 Å². The van der Waals surface area contributed by atoms with Crippen molar-refractivity contribution in [1.29, 1.82) is 0 Å². The molecule has 2 atom stereocenters. The van der Waals surface area contributed by atoms with Crippen LogP contribution in [0.3, 0.4) is 0 Å². The van der Waals surface area contributed by atoms with Gasteiger partial charge < -0.3 is 10.4 Å². The number of hydrogen-bond acceptors (Lipinski definition) is 2. The van der Waals surface area contributed by atoms with Crippen LogP contribution in [0.25, 0.3) is 10.8 Å². The first-order chi connectivity index (χ1) is 15.1. The van der Waals surface area contributed by atoms with E-state index in [0.29, 0.717) is 12.3 Å². The van der Waals surface area contributed by atoms with Crippen LogP contribution < -0.4 is 5.32 Å².